The Balaban J connectivity index is 1.49. The number of fused-ring (bicyclic) bond motifs is 1. The fourth-order valence-corrected chi connectivity index (χ4v) is 3.45. The molecule has 1 aromatic carbocycles. The van der Waals surface area contributed by atoms with Crippen molar-refractivity contribution in [1.82, 2.24) is 25.2 Å². The van der Waals surface area contributed by atoms with Crippen molar-refractivity contribution in [2.45, 2.75) is 6.42 Å². The highest BCUT2D eigenvalue weighted by molar-refractivity contribution is 6.04. The molecule has 3 aromatic rings. The molecule has 0 radical (unpaired) electrons. The fourth-order valence-electron chi connectivity index (χ4n) is 3.45. The van der Waals surface area contributed by atoms with E-state index in [9.17, 15) is 4.79 Å². The average molecular weight is 380 g/mol. The zero-order valence-corrected chi connectivity index (χ0v) is 15.6. The minimum atomic E-state index is -0.501. The second-order valence-electron chi connectivity index (χ2n) is 6.82. The molecule has 146 valence electrons. The van der Waals surface area contributed by atoms with Crippen molar-refractivity contribution in [3.63, 3.8) is 0 Å². The zero-order chi connectivity index (χ0) is 19.3. The Bertz CT molecular complexity index is 964. The third-order valence-electron chi connectivity index (χ3n) is 4.90. The summed E-state index contributed by atoms with van der Waals surface area (Å²) in [6.45, 7) is 5.91. The molecule has 0 atom stereocenters. The highest BCUT2D eigenvalue weighted by Gasteiger charge is 2.15. The Labute approximate surface area is 163 Å². The van der Waals surface area contributed by atoms with Gasteiger partial charge in [-0.1, -0.05) is 6.07 Å². The van der Waals surface area contributed by atoms with E-state index < -0.39 is 5.91 Å². The number of amides is 1. The van der Waals surface area contributed by atoms with Crippen LogP contribution in [0, 0.1) is 0 Å². The first-order chi connectivity index (χ1) is 13.7. The monoisotopic (exact) mass is 380 g/mol. The van der Waals surface area contributed by atoms with E-state index in [-0.39, 0.29) is 0 Å². The summed E-state index contributed by atoms with van der Waals surface area (Å²) in [4.78, 5) is 26.1. The number of piperazine rings is 1. The van der Waals surface area contributed by atoms with Crippen molar-refractivity contribution in [2.24, 2.45) is 5.73 Å². The Kier molecular flexibility index (Phi) is 5.50. The Morgan fingerprint density at radius 3 is 2.93 bits per heavy atom. The summed E-state index contributed by atoms with van der Waals surface area (Å²) in [6, 6.07) is 7.15. The quantitative estimate of drug-likeness (QED) is 0.535. The predicted octanol–water partition coefficient (Wildman–Crippen LogP) is 1.40. The van der Waals surface area contributed by atoms with Crippen LogP contribution < -0.4 is 15.8 Å². The van der Waals surface area contributed by atoms with E-state index >= 15 is 0 Å². The number of carbonyl (C=O) groups excluding carboxylic acids is 1. The fraction of sp³-hybridized carbons (Fsp3) is 0.350. The predicted molar refractivity (Wildman–Crippen MR) is 107 cm³/mol. The number of ether oxygens (including phenoxy) is 1. The molecular formula is C20H24N6O2. The number of para-hydroxylation sites is 1. The summed E-state index contributed by atoms with van der Waals surface area (Å²) in [5.41, 5.74) is 7.92. The maximum atomic E-state index is 11.7. The third-order valence-corrected chi connectivity index (χ3v) is 4.90. The largest absolute Gasteiger partial charge is 0.493 e. The molecule has 1 amide bonds. The van der Waals surface area contributed by atoms with Gasteiger partial charge >= 0.3 is 0 Å². The van der Waals surface area contributed by atoms with Crippen LogP contribution in [-0.2, 0) is 0 Å². The van der Waals surface area contributed by atoms with Gasteiger partial charge in [-0.2, -0.15) is 0 Å². The first kappa shape index (κ1) is 18.4. The molecule has 0 aliphatic carbocycles. The number of hydrogen-bond acceptors (Lipinski definition) is 6. The Hall–Kier alpha value is -2.97. The van der Waals surface area contributed by atoms with Crippen molar-refractivity contribution in [3.05, 3.63) is 42.2 Å². The lowest BCUT2D eigenvalue weighted by Crippen LogP contribution is -2.43. The lowest BCUT2D eigenvalue weighted by atomic mass is 10.2. The zero-order valence-electron chi connectivity index (χ0n) is 15.6. The summed E-state index contributed by atoms with van der Waals surface area (Å²) in [5.74, 6) is 0.822. The maximum Gasteiger partial charge on any atom is 0.250 e. The van der Waals surface area contributed by atoms with Crippen LogP contribution in [0.4, 0.5) is 0 Å². The molecule has 8 heteroatoms. The van der Waals surface area contributed by atoms with Gasteiger partial charge in [0.25, 0.3) is 5.91 Å². The van der Waals surface area contributed by atoms with Crippen molar-refractivity contribution in [1.29, 1.82) is 0 Å². The van der Waals surface area contributed by atoms with Gasteiger partial charge in [0.2, 0.25) is 0 Å². The minimum absolute atomic E-state index is 0.391. The molecule has 0 spiro atoms. The van der Waals surface area contributed by atoms with Gasteiger partial charge in [0.15, 0.2) is 0 Å². The van der Waals surface area contributed by atoms with E-state index in [0.29, 0.717) is 23.5 Å². The number of pyridine rings is 1. The average Bonchev–Trinajstić information content (AvgIpc) is 3.16. The van der Waals surface area contributed by atoms with Crippen LogP contribution in [0.2, 0.25) is 0 Å². The van der Waals surface area contributed by atoms with Gasteiger partial charge in [0.1, 0.15) is 17.1 Å². The van der Waals surface area contributed by atoms with E-state index in [2.05, 4.69) is 25.2 Å². The van der Waals surface area contributed by atoms with Crippen molar-refractivity contribution >= 4 is 16.9 Å². The topological polar surface area (TPSA) is 109 Å². The summed E-state index contributed by atoms with van der Waals surface area (Å²) in [7, 11) is 0. The maximum absolute atomic E-state index is 11.7. The standard InChI is InChI=1S/C20H24N6O2/c21-19(27)14-3-1-4-16-18(14)25-20(24-16)15-13-23-6-5-17(15)28-12-2-9-26-10-7-22-8-11-26/h1,3-6,13,22H,2,7-12H2,(H2,21,27)(H,24,25). The van der Waals surface area contributed by atoms with Gasteiger partial charge in [-0.05, 0) is 24.6 Å². The summed E-state index contributed by atoms with van der Waals surface area (Å²) < 4.78 is 6.02. The molecular weight excluding hydrogens is 356 g/mol. The van der Waals surface area contributed by atoms with Crippen LogP contribution >= 0.6 is 0 Å². The lowest BCUT2D eigenvalue weighted by Gasteiger charge is -2.27. The number of nitrogens with two attached hydrogens (primary N) is 1. The number of hydrogen-bond donors (Lipinski definition) is 3. The van der Waals surface area contributed by atoms with E-state index in [1.165, 1.54) is 0 Å². The van der Waals surface area contributed by atoms with Crippen molar-refractivity contribution in [2.75, 3.05) is 39.3 Å². The van der Waals surface area contributed by atoms with Gasteiger partial charge in [-0.25, -0.2) is 4.98 Å². The number of aromatic amines is 1. The highest BCUT2D eigenvalue weighted by Crippen LogP contribution is 2.29. The summed E-state index contributed by atoms with van der Waals surface area (Å²) in [6.07, 6.45) is 4.37. The number of nitrogens with zero attached hydrogens (tertiary/aromatic N) is 3. The molecule has 28 heavy (non-hydrogen) atoms. The molecule has 0 bridgehead atoms. The SMILES string of the molecule is NC(=O)c1cccc2[nH]c(-c3cnccc3OCCCN3CCNCC3)nc12. The van der Waals surface area contributed by atoms with Gasteiger partial charge in [-0.3, -0.25) is 9.78 Å². The molecule has 4 N–H and O–H groups in total. The molecule has 4 rings (SSSR count). The van der Waals surface area contributed by atoms with E-state index in [0.717, 1.165) is 56.0 Å². The third kappa shape index (κ3) is 3.97. The Morgan fingerprint density at radius 1 is 1.25 bits per heavy atom. The number of rotatable bonds is 7. The molecule has 1 saturated heterocycles. The molecule has 1 aliphatic rings. The van der Waals surface area contributed by atoms with Gasteiger partial charge in [0, 0.05) is 45.1 Å². The van der Waals surface area contributed by atoms with Crippen molar-refractivity contribution < 1.29 is 9.53 Å². The second-order valence-corrected chi connectivity index (χ2v) is 6.82. The Morgan fingerprint density at radius 2 is 2.11 bits per heavy atom. The molecule has 3 heterocycles. The molecule has 0 saturated carbocycles. The van der Waals surface area contributed by atoms with Gasteiger partial charge < -0.3 is 25.7 Å². The lowest BCUT2D eigenvalue weighted by molar-refractivity contribution is 0.100. The van der Waals surface area contributed by atoms with E-state index in [4.69, 9.17) is 10.5 Å². The first-order valence-corrected chi connectivity index (χ1v) is 9.51. The van der Waals surface area contributed by atoms with Crippen LogP contribution in [0.5, 0.6) is 5.75 Å². The van der Waals surface area contributed by atoms with E-state index in [1.54, 1.807) is 24.5 Å². The number of primary amides is 1. The molecule has 1 aliphatic heterocycles. The number of aromatic nitrogens is 3. The normalized spacial score (nSPS) is 15.0. The summed E-state index contributed by atoms with van der Waals surface area (Å²) in [5, 5.41) is 3.36. The summed E-state index contributed by atoms with van der Waals surface area (Å²) >= 11 is 0. The minimum Gasteiger partial charge on any atom is -0.493 e. The van der Waals surface area contributed by atoms with Crippen LogP contribution in [0.1, 0.15) is 16.8 Å². The second kappa shape index (κ2) is 8.37. The van der Waals surface area contributed by atoms with Gasteiger partial charge in [0.05, 0.1) is 23.3 Å². The van der Waals surface area contributed by atoms with Crippen LogP contribution in [0.3, 0.4) is 0 Å². The first-order valence-electron chi connectivity index (χ1n) is 9.51. The van der Waals surface area contributed by atoms with Crippen LogP contribution in [0.25, 0.3) is 22.4 Å². The number of H-pyrrole nitrogens is 1. The number of imidazole rings is 1. The smallest absolute Gasteiger partial charge is 0.250 e. The molecule has 2 aromatic heterocycles. The molecule has 8 nitrogen and oxygen atoms in total. The number of carbonyl (C=O) groups is 1. The highest BCUT2D eigenvalue weighted by atomic mass is 16.5. The number of benzene rings is 1. The van der Waals surface area contributed by atoms with E-state index in [1.807, 2.05) is 12.1 Å². The molecule has 1 fully saturated rings. The molecule has 0 unspecified atom stereocenters. The number of nitrogens with one attached hydrogen (secondary N) is 2. The van der Waals surface area contributed by atoms with Crippen molar-refractivity contribution in [3.8, 4) is 17.1 Å². The van der Waals surface area contributed by atoms with Gasteiger partial charge in [-0.15, -0.1) is 0 Å². The van der Waals surface area contributed by atoms with Crippen LogP contribution in [-0.4, -0.2) is 65.1 Å². The van der Waals surface area contributed by atoms with Crippen LogP contribution in [0.15, 0.2) is 36.7 Å².